The minimum atomic E-state index is -0.513. The average molecular weight is 490 g/mol. The SMILES string of the molecule is Cc1nnn2c1-c1ccc(C3=CCN(C(=O)OC(C)(C)C)CC3)cc1C(Nc1cccc(F)c1)CC2. The van der Waals surface area contributed by atoms with Gasteiger partial charge in [0.05, 0.1) is 17.4 Å². The Morgan fingerprint density at radius 2 is 2.00 bits per heavy atom. The highest BCUT2D eigenvalue weighted by atomic mass is 19.1. The number of rotatable bonds is 3. The van der Waals surface area contributed by atoms with Crippen LogP contribution in [0.1, 0.15) is 56.5 Å². The molecule has 1 aromatic heterocycles. The molecule has 7 nitrogen and oxygen atoms in total. The molecule has 1 N–H and O–H groups in total. The van der Waals surface area contributed by atoms with Gasteiger partial charge in [0.15, 0.2) is 0 Å². The van der Waals surface area contributed by atoms with Crippen molar-refractivity contribution in [2.75, 3.05) is 18.4 Å². The number of carbonyl (C=O) groups is 1. The number of nitrogens with zero attached hydrogens (tertiary/aromatic N) is 4. The summed E-state index contributed by atoms with van der Waals surface area (Å²) in [5, 5.41) is 12.2. The zero-order valence-corrected chi connectivity index (χ0v) is 21.2. The van der Waals surface area contributed by atoms with E-state index in [1.807, 2.05) is 38.4 Å². The number of halogens is 1. The highest BCUT2D eigenvalue weighted by molar-refractivity contribution is 5.76. The standard InChI is InChI=1S/C28H32FN5O2/c1-18-26-23-9-8-20(19-10-13-33(14-11-19)27(35)36-28(2,3)4)16-24(23)25(12-15-34(26)32-31-18)30-22-7-5-6-21(29)17-22/h5-10,16-17,25,30H,11-15H2,1-4H3. The summed E-state index contributed by atoms with van der Waals surface area (Å²) in [6, 6.07) is 13.1. The third kappa shape index (κ3) is 4.98. The lowest BCUT2D eigenvalue weighted by Crippen LogP contribution is -2.39. The fraction of sp³-hybridized carbons (Fsp3) is 0.393. The second-order valence-electron chi connectivity index (χ2n) is 10.5. The van der Waals surface area contributed by atoms with Crippen LogP contribution in [0.25, 0.3) is 16.8 Å². The van der Waals surface area contributed by atoms with Gasteiger partial charge >= 0.3 is 6.09 Å². The fourth-order valence-electron chi connectivity index (χ4n) is 4.92. The molecular weight excluding hydrogens is 457 g/mol. The van der Waals surface area contributed by atoms with Crippen LogP contribution in [0.4, 0.5) is 14.9 Å². The minimum Gasteiger partial charge on any atom is -0.444 e. The molecule has 0 radical (unpaired) electrons. The maximum Gasteiger partial charge on any atom is 0.410 e. The summed E-state index contributed by atoms with van der Waals surface area (Å²) in [4.78, 5) is 14.2. The lowest BCUT2D eigenvalue weighted by Gasteiger charge is -2.30. The fourth-order valence-corrected chi connectivity index (χ4v) is 4.92. The van der Waals surface area contributed by atoms with Crippen molar-refractivity contribution in [3.8, 4) is 11.3 Å². The van der Waals surface area contributed by atoms with Crippen molar-refractivity contribution < 1.29 is 13.9 Å². The summed E-state index contributed by atoms with van der Waals surface area (Å²) >= 11 is 0. The van der Waals surface area contributed by atoms with Crippen LogP contribution in [0.15, 0.2) is 48.5 Å². The summed E-state index contributed by atoms with van der Waals surface area (Å²) in [6.45, 7) is 9.45. The number of aromatic nitrogens is 3. The number of hydrogen-bond donors (Lipinski definition) is 1. The van der Waals surface area contributed by atoms with Crippen molar-refractivity contribution >= 4 is 17.4 Å². The maximum atomic E-state index is 13.9. The second-order valence-corrected chi connectivity index (χ2v) is 10.5. The van der Waals surface area contributed by atoms with Crippen LogP contribution in [0.5, 0.6) is 0 Å². The maximum absolute atomic E-state index is 13.9. The van der Waals surface area contributed by atoms with Crippen LogP contribution in [-0.4, -0.2) is 44.7 Å². The van der Waals surface area contributed by atoms with E-state index < -0.39 is 5.60 Å². The van der Waals surface area contributed by atoms with Gasteiger partial charge in [-0.2, -0.15) is 0 Å². The van der Waals surface area contributed by atoms with Crippen LogP contribution in [-0.2, 0) is 11.3 Å². The number of nitrogens with one attached hydrogen (secondary N) is 1. The zero-order valence-electron chi connectivity index (χ0n) is 21.2. The zero-order chi connectivity index (χ0) is 25.4. The molecule has 1 unspecified atom stereocenters. The van der Waals surface area contributed by atoms with Gasteiger partial charge in [0.2, 0.25) is 0 Å². The largest absolute Gasteiger partial charge is 0.444 e. The summed E-state index contributed by atoms with van der Waals surface area (Å²) in [6.07, 6.45) is 3.36. The molecule has 2 aliphatic heterocycles. The predicted octanol–water partition coefficient (Wildman–Crippen LogP) is 5.97. The van der Waals surface area contributed by atoms with Gasteiger partial charge < -0.3 is 15.0 Å². The molecule has 1 atom stereocenters. The Morgan fingerprint density at radius 1 is 1.17 bits per heavy atom. The Kier molecular flexibility index (Phi) is 6.28. The lowest BCUT2D eigenvalue weighted by atomic mass is 9.90. The van der Waals surface area contributed by atoms with Gasteiger partial charge in [0, 0.05) is 30.9 Å². The van der Waals surface area contributed by atoms with E-state index in [-0.39, 0.29) is 18.0 Å². The molecule has 2 aliphatic rings. The number of anilines is 1. The van der Waals surface area contributed by atoms with E-state index in [1.165, 1.54) is 17.7 Å². The summed E-state index contributed by atoms with van der Waals surface area (Å²) in [7, 11) is 0. The average Bonchev–Trinajstić information content (AvgIpc) is 3.12. The highest BCUT2D eigenvalue weighted by Crippen LogP contribution is 2.39. The van der Waals surface area contributed by atoms with Crippen molar-refractivity contribution in [1.82, 2.24) is 19.9 Å². The first-order chi connectivity index (χ1) is 17.2. The van der Waals surface area contributed by atoms with Crippen molar-refractivity contribution in [2.45, 2.75) is 58.7 Å². The molecular formula is C28H32FN5O2. The molecule has 0 spiro atoms. The monoisotopic (exact) mass is 489 g/mol. The minimum absolute atomic E-state index is 0.0229. The third-order valence-electron chi connectivity index (χ3n) is 6.61. The molecule has 0 bridgehead atoms. The van der Waals surface area contributed by atoms with Gasteiger partial charge in [-0.15, -0.1) is 5.10 Å². The summed E-state index contributed by atoms with van der Waals surface area (Å²) in [5.41, 5.74) is 6.69. The Hall–Kier alpha value is -3.68. The van der Waals surface area contributed by atoms with Crippen LogP contribution in [0.2, 0.25) is 0 Å². The second kappa shape index (κ2) is 9.41. The molecule has 0 saturated carbocycles. The van der Waals surface area contributed by atoms with E-state index in [2.05, 4.69) is 39.9 Å². The Labute approximate surface area is 210 Å². The molecule has 1 amide bonds. The van der Waals surface area contributed by atoms with Crippen molar-refractivity contribution in [3.63, 3.8) is 0 Å². The van der Waals surface area contributed by atoms with E-state index in [9.17, 15) is 9.18 Å². The van der Waals surface area contributed by atoms with E-state index in [1.54, 1.807) is 11.0 Å². The summed E-state index contributed by atoms with van der Waals surface area (Å²) < 4.78 is 21.4. The van der Waals surface area contributed by atoms with E-state index in [0.717, 1.165) is 46.6 Å². The molecule has 188 valence electrons. The summed E-state index contributed by atoms with van der Waals surface area (Å²) in [5.74, 6) is -0.266. The smallest absolute Gasteiger partial charge is 0.410 e. The molecule has 8 heteroatoms. The van der Waals surface area contributed by atoms with Gasteiger partial charge in [-0.1, -0.05) is 29.5 Å². The lowest BCUT2D eigenvalue weighted by molar-refractivity contribution is 0.0270. The number of amides is 1. The molecule has 5 rings (SSSR count). The molecule has 0 fully saturated rings. The van der Waals surface area contributed by atoms with E-state index in [4.69, 9.17) is 4.74 Å². The van der Waals surface area contributed by atoms with Crippen molar-refractivity contribution in [1.29, 1.82) is 0 Å². The quantitative estimate of drug-likeness (QED) is 0.490. The molecule has 2 aromatic carbocycles. The Bertz CT molecular complexity index is 1320. The topological polar surface area (TPSA) is 72.3 Å². The number of fused-ring (bicyclic) bond motifs is 3. The van der Waals surface area contributed by atoms with Crippen LogP contribution < -0.4 is 5.32 Å². The van der Waals surface area contributed by atoms with E-state index in [0.29, 0.717) is 19.6 Å². The number of carbonyl (C=O) groups excluding carboxylic acids is 1. The van der Waals surface area contributed by atoms with Crippen LogP contribution in [0, 0.1) is 12.7 Å². The Morgan fingerprint density at radius 3 is 2.72 bits per heavy atom. The number of aryl methyl sites for hydroxylation is 2. The van der Waals surface area contributed by atoms with Gasteiger partial charge in [-0.05, 0) is 81.5 Å². The number of ether oxygens (including phenoxy) is 1. The first-order valence-corrected chi connectivity index (χ1v) is 12.4. The number of hydrogen-bond acceptors (Lipinski definition) is 5. The van der Waals surface area contributed by atoms with Gasteiger partial charge in [-0.3, -0.25) is 0 Å². The van der Waals surface area contributed by atoms with Gasteiger partial charge in [0.25, 0.3) is 0 Å². The third-order valence-corrected chi connectivity index (χ3v) is 6.61. The Balaban J connectivity index is 1.46. The number of benzene rings is 2. The molecule has 0 aliphatic carbocycles. The molecule has 36 heavy (non-hydrogen) atoms. The molecule has 3 heterocycles. The first kappa shape index (κ1) is 24.0. The van der Waals surface area contributed by atoms with Gasteiger partial charge in [0.1, 0.15) is 11.4 Å². The van der Waals surface area contributed by atoms with Crippen LogP contribution in [0.3, 0.4) is 0 Å². The first-order valence-electron chi connectivity index (χ1n) is 12.4. The van der Waals surface area contributed by atoms with Crippen LogP contribution >= 0.6 is 0 Å². The predicted molar refractivity (Wildman–Crippen MR) is 138 cm³/mol. The van der Waals surface area contributed by atoms with Crippen molar-refractivity contribution in [3.05, 3.63) is 71.2 Å². The molecule has 3 aromatic rings. The van der Waals surface area contributed by atoms with Gasteiger partial charge in [-0.25, -0.2) is 13.9 Å². The molecule has 0 saturated heterocycles. The highest BCUT2D eigenvalue weighted by Gasteiger charge is 2.27. The van der Waals surface area contributed by atoms with E-state index >= 15 is 0 Å². The normalized spacial score (nSPS) is 17.5. The van der Waals surface area contributed by atoms with Crippen molar-refractivity contribution in [2.24, 2.45) is 0 Å².